The van der Waals surface area contributed by atoms with Crippen LogP contribution in [0.3, 0.4) is 0 Å². The summed E-state index contributed by atoms with van der Waals surface area (Å²) < 4.78 is 0. The number of rotatable bonds is 3. The van der Waals surface area contributed by atoms with Crippen LogP contribution in [0.4, 0.5) is 5.82 Å². The Morgan fingerprint density at radius 2 is 1.91 bits per heavy atom. The van der Waals surface area contributed by atoms with E-state index in [0.29, 0.717) is 13.1 Å². The van der Waals surface area contributed by atoms with Crippen LogP contribution in [0.1, 0.15) is 16.1 Å². The molecule has 0 spiro atoms. The number of nitrogen functional groups attached to an aromatic ring is 1. The summed E-state index contributed by atoms with van der Waals surface area (Å²) in [5.41, 5.74) is 7.14. The van der Waals surface area contributed by atoms with Gasteiger partial charge in [-0.2, -0.15) is 0 Å². The molecule has 7 nitrogen and oxygen atoms in total. The van der Waals surface area contributed by atoms with Gasteiger partial charge >= 0.3 is 0 Å². The van der Waals surface area contributed by atoms with Crippen molar-refractivity contribution in [1.82, 2.24) is 24.8 Å². The Labute approximate surface area is 128 Å². The summed E-state index contributed by atoms with van der Waals surface area (Å²) in [5, 5.41) is 0. The average Bonchev–Trinajstić information content (AvgIpc) is 2.56. The highest BCUT2D eigenvalue weighted by Gasteiger charge is 2.24. The number of carbonyl (C=O) groups is 1. The minimum Gasteiger partial charge on any atom is -0.382 e. The number of carbonyl (C=O) groups excluding carboxylic acids is 1. The second kappa shape index (κ2) is 6.48. The highest BCUT2D eigenvalue weighted by molar-refractivity contribution is 5.96. The van der Waals surface area contributed by atoms with Crippen molar-refractivity contribution in [2.24, 2.45) is 0 Å². The fourth-order valence-electron chi connectivity index (χ4n) is 2.52. The smallest absolute Gasteiger partial charge is 0.276 e. The largest absolute Gasteiger partial charge is 0.382 e. The van der Waals surface area contributed by atoms with Crippen LogP contribution in [0.2, 0.25) is 0 Å². The molecule has 1 aliphatic rings. The van der Waals surface area contributed by atoms with Crippen LogP contribution in [0, 0.1) is 0 Å². The summed E-state index contributed by atoms with van der Waals surface area (Å²) in [7, 11) is 0. The van der Waals surface area contributed by atoms with Gasteiger partial charge in [0.25, 0.3) is 5.91 Å². The van der Waals surface area contributed by atoms with Crippen molar-refractivity contribution < 1.29 is 4.79 Å². The van der Waals surface area contributed by atoms with E-state index in [0.717, 1.165) is 19.6 Å². The molecule has 3 heterocycles. The van der Waals surface area contributed by atoms with Crippen LogP contribution in [-0.4, -0.2) is 56.8 Å². The first-order valence-corrected chi connectivity index (χ1v) is 7.21. The Morgan fingerprint density at radius 1 is 1.14 bits per heavy atom. The van der Waals surface area contributed by atoms with Crippen molar-refractivity contribution in [1.29, 1.82) is 0 Å². The number of nitrogens with zero attached hydrogens (tertiary/aromatic N) is 5. The van der Waals surface area contributed by atoms with E-state index in [1.165, 1.54) is 18.0 Å². The fourth-order valence-corrected chi connectivity index (χ4v) is 2.52. The van der Waals surface area contributed by atoms with Crippen LogP contribution >= 0.6 is 0 Å². The summed E-state index contributed by atoms with van der Waals surface area (Å²) in [6.45, 7) is 3.81. The average molecular weight is 298 g/mol. The summed E-state index contributed by atoms with van der Waals surface area (Å²) in [5.74, 6) is 0.0388. The molecule has 114 valence electrons. The third kappa shape index (κ3) is 3.20. The molecule has 2 aromatic rings. The highest BCUT2D eigenvalue weighted by atomic mass is 16.2. The lowest BCUT2D eigenvalue weighted by atomic mass is 10.2. The van der Waals surface area contributed by atoms with Crippen LogP contribution in [0.5, 0.6) is 0 Å². The van der Waals surface area contributed by atoms with Gasteiger partial charge in [0, 0.05) is 57.5 Å². The number of anilines is 1. The third-order valence-corrected chi connectivity index (χ3v) is 3.72. The van der Waals surface area contributed by atoms with Crippen LogP contribution in [-0.2, 0) is 6.54 Å². The van der Waals surface area contributed by atoms with E-state index >= 15 is 0 Å². The van der Waals surface area contributed by atoms with Gasteiger partial charge in [-0.25, -0.2) is 9.97 Å². The Kier molecular flexibility index (Phi) is 4.24. The van der Waals surface area contributed by atoms with Gasteiger partial charge in [0.15, 0.2) is 11.5 Å². The molecule has 22 heavy (non-hydrogen) atoms. The third-order valence-electron chi connectivity index (χ3n) is 3.72. The molecule has 1 amide bonds. The highest BCUT2D eigenvalue weighted by Crippen LogP contribution is 2.12. The molecule has 2 N–H and O–H groups in total. The van der Waals surface area contributed by atoms with Crippen LogP contribution in [0.15, 0.2) is 36.9 Å². The summed E-state index contributed by atoms with van der Waals surface area (Å²) in [6, 6.07) is 4.00. The fraction of sp³-hybridized carbons (Fsp3) is 0.333. The molecule has 0 aliphatic carbocycles. The van der Waals surface area contributed by atoms with Gasteiger partial charge in [0.05, 0.1) is 0 Å². The molecule has 1 saturated heterocycles. The monoisotopic (exact) mass is 298 g/mol. The molecule has 0 bridgehead atoms. The molecule has 1 aliphatic heterocycles. The maximum absolute atomic E-state index is 12.4. The van der Waals surface area contributed by atoms with Gasteiger partial charge in [-0.1, -0.05) is 6.07 Å². The van der Waals surface area contributed by atoms with Crippen molar-refractivity contribution in [3.8, 4) is 0 Å². The van der Waals surface area contributed by atoms with E-state index in [-0.39, 0.29) is 17.4 Å². The van der Waals surface area contributed by atoms with Gasteiger partial charge in [-0.3, -0.25) is 14.7 Å². The Bertz CT molecular complexity index is 639. The molecule has 0 saturated carbocycles. The van der Waals surface area contributed by atoms with E-state index < -0.39 is 0 Å². The van der Waals surface area contributed by atoms with Crippen molar-refractivity contribution in [3.63, 3.8) is 0 Å². The topological polar surface area (TPSA) is 88.2 Å². The zero-order valence-electron chi connectivity index (χ0n) is 12.2. The van der Waals surface area contributed by atoms with E-state index in [1.807, 2.05) is 12.3 Å². The number of hydrogen-bond acceptors (Lipinski definition) is 6. The van der Waals surface area contributed by atoms with Crippen molar-refractivity contribution in [2.45, 2.75) is 6.54 Å². The van der Waals surface area contributed by atoms with Gasteiger partial charge < -0.3 is 10.6 Å². The van der Waals surface area contributed by atoms with Gasteiger partial charge in [0.2, 0.25) is 0 Å². The predicted molar refractivity (Wildman–Crippen MR) is 81.9 cm³/mol. The standard InChI is InChI=1S/C15H18N6O/c16-14-13(18-4-5-19-14)15(22)21-8-6-20(7-9-21)11-12-2-1-3-17-10-12/h1-5,10H,6-9,11H2,(H2,16,19). The molecule has 7 heteroatoms. The zero-order valence-corrected chi connectivity index (χ0v) is 12.2. The normalized spacial score (nSPS) is 15.7. The summed E-state index contributed by atoms with van der Waals surface area (Å²) in [4.78, 5) is 28.6. The lowest BCUT2D eigenvalue weighted by Crippen LogP contribution is -2.48. The summed E-state index contributed by atoms with van der Waals surface area (Å²) in [6.07, 6.45) is 6.61. The lowest BCUT2D eigenvalue weighted by Gasteiger charge is -2.34. The lowest BCUT2D eigenvalue weighted by molar-refractivity contribution is 0.0623. The van der Waals surface area contributed by atoms with Crippen LogP contribution in [0.25, 0.3) is 0 Å². The summed E-state index contributed by atoms with van der Waals surface area (Å²) >= 11 is 0. The first-order chi connectivity index (χ1) is 10.7. The number of piperazine rings is 1. The Hall–Kier alpha value is -2.54. The quantitative estimate of drug-likeness (QED) is 0.883. The molecule has 0 radical (unpaired) electrons. The number of hydrogen-bond donors (Lipinski definition) is 1. The van der Waals surface area contributed by atoms with Gasteiger partial charge in [-0.15, -0.1) is 0 Å². The minimum absolute atomic E-state index is 0.147. The molecule has 0 aromatic carbocycles. The molecule has 0 unspecified atom stereocenters. The van der Waals surface area contributed by atoms with Crippen molar-refractivity contribution in [2.75, 3.05) is 31.9 Å². The predicted octanol–water partition coefficient (Wildman–Crippen LogP) is 0.412. The second-order valence-corrected chi connectivity index (χ2v) is 5.22. The Balaban J connectivity index is 1.58. The first-order valence-electron chi connectivity index (χ1n) is 7.21. The van der Waals surface area contributed by atoms with Gasteiger partial charge in [-0.05, 0) is 11.6 Å². The minimum atomic E-state index is -0.147. The van der Waals surface area contributed by atoms with Crippen molar-refractivity contribution in [3.05, 3.63) is 48.2 Å². The number of amides is 1. The van der Waals surface area contributed by atoms with Gasteiger partial charge in [0.1, 0.15) is 0 Å². The van der Waals surface area contributed by atoms with E-state index in [1.54, 1.807) is 11.1 Å². The molecular weight excluding hydrogens is 280 g/mol. The maximum Gasteiger partial charge on any atom is 0.276 e. The zero-order chi connectivity index (χ0) is 15.4. The van der Waals surface area contributed by atoms with Crippen LogP contribution < -0.4 is 5.73 Å². The Morgan fingerprint density at radius 3 is 2.59 bits per heavy atom. The number of nitrogens with two attached hydrogens (primary N) is 1. The second-order valence-electron chi connectivity index (χ2n) is 5.22. The first kappa shape index (κ1) is 14.4. The number of aromatic nitrogens is 3. The molecule has 0 atom stereocenters. The maximum atomic E-state index is 12.4. The van der Waals surface area contributed by atoms with Crippen molar-refractivity contribution >= 4 is 11.7 Å². The number of pyridine rings is 1. The molecular formula is C15H18N6O. The van der Waals surface area contributed by atoms with E-state index in [2.05, 4.69) is 25.9 Å². The SMILES string of the molecule is Nc1nccnc1C(=O)N1CCN(Cc2cccnc2)CC1. The molecule has 2 aromatic heterocycles. The molecule has 3 rings (SSSR count). The van der Waals surface area contributed by atoms with E-state index in [9.17, 15) is 4.79 Å². The molecule has 1 fully saturated rings. The van der Waals surface area contributed by atoms with E-state index in [4.69, 9.17) is 5.73 Å².